The molecule has 0 saturated carbocycles. The maximum Gasteiger partial charge on any atom is 0.334 e. The molecule has 5 nitrogen and oxygen atoms in total. The van der Waals surface area contributed by atoms with Gasteiger partial charge in [-0.2, -0.15) is 0 Å². The lowest BCUT2D eigenvalue weighted by Crippen LogP contribution is -2.30. The summed E-state index contributed by atoms with van der Waals surface area (Å²) in [4.78, 5) is 23.4. The Hall–Kier alpha value is -1.88. The highest BCUT2D eigenvalue weighted by atomic mass is 16.6. The van der Waals surface area contributed by atoms with Gasteiger partial charge in [-0.1, -0.05) is 70.1 Å². The van der Waals surface area contributed by atoms with Crippen LogP contribution < -0.4 is 0 Å². The van der Waals surface area contributed by atoms with E-state index in [-0.39, 0.29) is 13.0 Å². The van der Waals surface area contributed by atoms with Crippen LogP contribution >= 0.6 is 0 Å². The molecule has 0 radical (unpaired) electrons. The fourth-order valence-corrected chi connectivity index (χ4v) is 3.67. The highest BCUT2D eigenvalue weighted by Gasteiger charge is 2.41. The fourth-order valence-electron chi connectivity index (χ4n) is 3.67. The van der Waals surface area contributed by atoms with Gasteiger partial charge in [0.05, 0.1) is 13.7 Å². The normalized spacial score (nSPS) is 20.2. The lowest BCUT2D eigenvalue weighted by molar-refractivity contribution is -0.146. The quantitative estimate of drug-likeness (QED) is 0.132. The Morgan fingerprint density at radius 1 is 1.00 bits per heavy atom. The Morgan fingerprint density at radius 2 is 1.58 bits per heavy atom. The van der Waals surface area contributed by atoms with Crippen LogP contribution in [-0.4, -0.2) is 36.4 Å². The lowest BCUT2D eigenvalue weighted by Gasteiger charge is -2.19. The van der Waals surface area contributed by atoms with Crippen molar-refractivity contribution in [3.8, 4) is 0 Å². The molecule has 5 heteroatoms. The van der Waals surface area contributed by atoms with Crippen molar-refractivity contribution in [1.82, 2.24) is 0 Å². The number of methoxy groups -OCH3 is 1. The van der Waals surface area contributed by atoms with Crippen molar-refractivity contribution in [2.45, 2.75) is 102 Å². The topological polar surface area (TPSA) is 72.8 Å². The lowest BCUT2D eigenvalue weighted by atomic mass is 9.97. The second-order valence-electron chi connectivity index (χ2n) is 8.39. The van der Waals surface area contributed by atoms with Gasteiger partial charge < -0.3 is 14.6 Å². The molecule has 1 saturated heterocycles. The smallest absolute Gasteiger partial charge is 0.334 e. The molecule has 1 atom stereocenters. The van der Waals surface area contributed by atoms with E-state index >= 15 is 0 Å². The second kappa shape index (κ2) is 16.8. The molecule has 1 heterocycles. The van der Waals surface area contributed by atoms with Gasteiger partial charge in [-0.05, 0) is 44.6 Å². The summed E-state index contributed by atoms with van der Waals surface area (Å²) in [6.45, 7) is 1.89. The minimum absolute atomic E-state index is 0.279. The monoisotopic (exact) mass is 434 g/mol. The molecule has 0 aromatic carbocycles. The third kappa shape index (κ3) is 11.9. The van der Waals surface area contributed by atoms with Gasteiger partial charge in [0, 0.05) is 18.1 Å². The molecular weight excluding hydrogens is 392 g/mol. The van der Waals surface area contributed by atoms with E-state index in [1.165, 1.54) is 83.5 Å². The molecule has 1 aliphatic rings. The van der Waals surface area contributed by atoms with Crippen molar-refractivity contribution in [3.63, 3.8) is 0 Å². The molecule has 0 amide bonds. The number of esters is 2. The van der Waals surface area contributed by atoms with Crippen molar-refractivity contribution >= 4 is 11.9 Å². The van der Waals surface area contributed by atoms with Gasteiger partial charge in [0.2, 0.25) is 0 Å². The highest BCUT2D eigenvalue weighted by Crippen LogP contribution is 2.32. The number of hydrogen-bond donors (Lipinski definition) is 1. The van der Waals surface area contributed by atoms with Crippen LogP contribution in [0.3, 0.4) is 0 Å². The van der Waals surface area contributed by atoms with Crippen LogP contribution in [0.15, 0.2) is 36.0 Å². The zero-order valence-electron chi connectivity index (χ0n) is 19.6. The van der Waals surface area contributed by atoms with E-state index < -0.39 is 17.5 Å². The van der Waals surface area contributed by atoms with Crippen LogP contribution in [0.2, 0.25) is 0 Å². The van der Waals surface area contributed by atoms with Crippen LogP contribution in [-0.2, 0) is 19.1 Å². The van der Waals surface area contributed by atoms with E-state index in [1.54, 1.807) is 0 Å². The van der Waals surface area contributed by atoms with Gasteiger partial charge in [-0.15, -0.1) is 0 Å². The zero-order valence-corrected chi connectivity index (χ0v) is 19.6. The summed E-state index contributed by atoms with van der Waals surface area (Å²) in [5.41, 5.74) is -0.580. The number of unbranched alkanes of at least 4 members (excludes halogenated alkanes) is 11. The Bertz CT molecular complexity index is 605. The van der Waals surface area contributed by atoms with Gasteiger partial charge >= 0.3 is 11.9 Å². The number of aliphatic hydroxyl groups excluding tert-OH is 1. The van der Waals surface area contributed by atoms with E-state index in [4.69, 9.17) is 4.74 Å². The number of aliphatic hydroxyl groups is 1. The highest BCUT2D eigenvalue weighted by molar-refractivity contribution is 5.92. The summed E-state index contributed by atoms with van der Waals surface area (Å²) < 4.78 is 9.87. The zero-order chi connectivity index (χ0) is 22.8. The number of cyclic esters (lactones) is 1. The Labute approximate surface area is 188 Å². The Balaban J connectivity index is 2.13. The number of ether oxygens (including phenoxy) is 2. The third-order valence-corrected chi connectivity index (χ3v) is 5.65. The van der Waals surface area contributed by atoms with Crippen molar-refractivity contribution in [2.24, 2.45) is 0 Å². The standard InChI is InChI=1S/C26H42O5/c1-3-4-5-6-7-8-9-10-11-12-13-14-15-16-17-18-23-21-26(22-27,31-25(23)29)20-19-24(28)30-2/h9-10,18-20,27H,3-8,11-17,21-22H2,1-2H3/b10-9-,20-19+,23-18+/t26-/m1/s1. The average molecular weight is 435 g/mol. The summed E-state index contributed by atoms with van der Waals surface area (Å²) in [5.74, 6) is -0.958. The van der Waals surface area contributed by atoms with E-state index in [0.717, 1.165) is 19.3 Å². The van der Waals surface area contributed by atoms with Crippen molar-refractivity contribution in [2.75, 3.05) is 13.7 Å². The van der Waals surface area contributed by atoms with E-state index in [0.29, 0.717) is 5.57 Å². The van der Waals surface area contributed by atoms with Crippen LogP contribution in [0.4, 0.5) is 0 Å². The molecule has 1 fully saturated rings. The molecule has 0 unspecified atom stereocenters. The molecule has 1 N–H and O–H groups in total. The third-order valence-electron chi connectivity index (χ3n) is 5.65. The Morgan fingerprint density at radius 3 is 2.16 bits per heavy atom. The SMILES string of the molecule is CCCCCCC/C=C\CCCCCCC/C=C1\C[C@](/C=C/C(=O)OC)(CO)OC1=O. The Kier molecular flexibility index (Phi) is 14.7. The van der Waals surface area contributed by atoms with Gasteiger partial charge in [-0.3, -0.25) is 0 Å². The predicted molar refractivity (Wildman–Crippen MR) is 125 cm³/mol. The van der Waals surface area contributed by atoms with E-state index in [2.05, 4.69) is 23.8 Å². The first-order valence-electron chi connectivity index (χ1n) is 12.0. The number of carbonyl (C=O) groups excluding carboxylic acids is 2. The molecule has 0 aromatic heterocycles. The van der Waals surface area contributed by atoms with Crippen molar-refractivity contribution < 1.29 is 24.2 Å². The summed E-state index contributed by atoms with van der Waals surface area (Å²) in [6.07, 6.45) is 25.3. The summed E-state index contributed by atoms with van der Waals surface area (Å²) in [7, 11) is 1.28. The fraction of sp³-hybridized carbons (Fsp3) is 0.692. The molecule has 0 aromatic rings. The molecule has 1 aliphatic heterocycles. The molecule has 1 rings (SSSR count). The van der Waals surface area contributed by atoms with E-state index in [1.807, 2.05) is 6.08 Å². The molecule has 0 spiro atoms. The minimum atomic E-state index is -1.15. The second-order valence-corrected chi connectivity index (χ2v) is 8.39. The van der Waals surface area contributed by atoms with Gasteiger partial charge in [0.15, 0.2) is 5.60 Å². The largest absolute Gasteiger partial charge is 0.466 e. The summed E-state index contributed by atoms with van der Waals surface area (Å²) in [6, 6.07) is 0. The maximum absolute atomic E-state index is 12.1. The van der Waals surface area contributed by atoms with E-state index in [9.17, 15) is 14.7 Å². The van der Waals surface area contributed by atoms with Gasteiger partial charge in [-0.25, -0.2) is 9.59 Å². The first-order chi connectivity index (χ1) is 15.1. The molecular formula is C26H42O5. The summed E-state index contributed by atoms with van der Waals surface area (Å²) in [5, 5.41) is 9.63. The maximum atomic E-state index is 12.1. The first kappa shape index (κ1) is 27.2. The molecule has 31 heavy (non-hydrogen) atoms. The minimum Gasteiger partial charge on any atom is -0.466 e. The van der Waals surface area contributed by atoms with Crippen LogP contribution in [0, 0.1) is 0 Å². The number of rotatable bonds is 17. The van der Waals surface area contributed by atoms with Crippen LogP contribution in [0.5, 0.6) is 0 Å². The number of carbonyl (C=O) groups is 2. The number of hydrogen-bond acceptors (Lipinski definition) is 5. The molecule has 0 aliphatic carbocycles. The van der Waals surface area contributed by atoms with Crippen LogP contribution in [0.1, 0.15) is 96.8 Å². The van der Waals surface area contributed by atoms with Crippen LogP contribution in [0.25, 0.3) is 0 Å². The van der Waals surface area contributed by atoms with Gasteiger partial charge in [0.25, 0.3) is 0 Å². The van der Waals surface area contributed by atoms with Gasteiger partial charge in [0.1, 0.15) is 0 Å². The first-order valence-corrected chi connectivity index (χ1v) is 12.0. The molecule has 176 valence electrons. The number of allylic oxidation sites excluding steroid dienone is 3. The predicted octanol–water partition coefficient (Wildman–Crippen LogP) is 5.97. The summed E-state index contributed by atoms with van der Waals surface area (Å²) >= 11 is 0. The van der Waals surface area contributed by atoms with Crippen molar-refractivity contribution in [1.29, 1.82) is 0 Å². The van der Waals surface area contributed by atoms with Crippen molar-refractivity contribution in [3.05, 3.63) is 36.0 Å². The molecule has 0 bridgehead atoms. The average Bonchev–Trinajstić information content (AvgIpc) is 3.10.